The molecule has 0 aromatic carbocycles. The molecular formula is C11H18ClN3O2. The van der Waals surface area contributed by atoms with Crippen molar-refractivity contribution in [3.05, 3.63) is 16.4 Å². The van der Waals surface area contributed by atoms with Gasteiger partial charge in [-0.3, -0.25) is 9.48 Å². The fourth-order valence-electron chi connectivity index (χ4n) is 1.67. The molecule has 1 aromatic heterocycles. The summed E-state index contributed by atoms with van der Waals surface area (Å²) in [5.74, 6) is -0.153. The van der Waals surface area contributed by atoms with Crippen LogP contribution in [0.4, 0.5) is 0 Å². The highest BCUT2D eigenvalue weighted by atomic mass is 35.5. The van der Waals surface area contributed by atoms with E-state index in [1.807, 2.05) is 13.8 Å². The van der Waals surface area contributed by atoms with Crippen LogP contribution in [-0.2, 0) is 16.6 Å². The number of methoxy groups -OCH3 is 1. The van der Waals surface area contributed by atoms with Crippen molar-refractivity contribution < 1.29 is 9.53 Å². The summed E-state index contributed by atoms with van der Waals surface area (Å²) in [5.41, 5.74) is 7.54. The zero-order valence-corrected chi connectivity index (χ0v) is 11.3. The number of carbonyl (C=O) groups is 1. The monoisotopic (exact) mass is 259 g/mol. The molecule has 1 rings (SSSR count). The third-order valence-electron chi connectivity index (χ3n) is 2.57. The van der Waals surface area contributed by atoms with Crippen LogP contribution in [0, 0.1) is 0 Å². The average Bonchev–Trinajstić information content (AvgIpc) is 2.55. The first-order valence-corrected chi connectivity index (χ1v) is 5.81. The summed E-state index contributed by atoms with van der Waals surface area (Å²) >= 11 is 6.15. The Morgan fingerprint density at radius 2 is 2.18 bits per heavy atom. The number of aromatic nitrogens is 2. The minimum Gasteiger partial charge on any atom is -0.469 e. The van der Waals surface area contributed by atoms with E-state index in [9.17, 15) is 4.79 Å². The van der Waals surface area contributed by atoms with Gasteiger partial charge in [0.2, 0.25) is 0 Å². The van der Waals surface area contributed by atoms with Gasteiger partial charge in [0.05, 0.1) is 19.2 Å². The predicted octanol–water partition coefficient (Wildman–Crippen LogP) is 1.76. The summed E-state index contributed by atoms with van der Waals surface area (Å²) in [5, 5.41) is 4.79. The van der Waals surface area contributed by atoms with Crippen LogP contribution in [0.15, 0.2) is 0 Å². The number of rotatable bonds is 4. The lowest BCUT2D eigenvalue weighted by Crippen LogP contribution is -2.18. The van der Waals surface area contributed by atoms with Gasteiger partial charge < -0.3 is 10.5 Å². The van der Waals surface area contributed by atoms with E-state index in [1.54, 1.807) is 11.7 Å². The second-order valence-corrected chi connectivity index (χ2v) is 4.61. The van der Waals surface area contributed by atoms with Gasteiger partial charge in [-0.15, -0.1) is 0 Å². The van der Waals surface area contributed by atoms with E-state index in [2.05, 4.69) is 9.84 Å². The molecule has 0 amide bonds. The molecule has 6 heteroatoms. The summed E-state index contributed by atoms with van der Waals surface area (Å²) in [7, 11) is 3.09. The molecule has 0 fully saturated rings. The van der Waals surface area contributed by atoms with Crippen molar-refractivity contribution in [3.63, 3.8) is 0 Å². The number of nitrogens with two attached hydrogens (primary N) is 1. The lowest BCUT2D eigenvalue weighted by Gasteiger charge is -2.12. The Morgan fingerprint density at radius 3 is 2.65 bits per heavy atom. The third kappa shape index (κ3) is 2.98. The largest absolute Gasteiger partial charge is 0.469 e. The van der Waals surface area contributed by atoms with Gasteiger partial charge in [0.25, 0.3) is 0 Å². The van der Waals surface area contributed by atoms with Crippen LogP contribution >= 0.6 is 11.6 Å². The Hall–Kier alpha value is -1.07. The molecule has 96 valence electrons. The third-order valence-corrected chi connectivity index (χ3v) is 3.02. The molecule has 0 spiro atoms. The first-order chi connectivity index (χ1) is 7.88. The molecule has 0 aliphatic carbocycles. The predicted molar refractivity (Wildman–Crippen MR) is 65.9 cm³/mol. The number of halogens is 1. The fourth-order valence-corrected chi connectivity index (χ4v) is 1.95. The summed E-state index contributed by atoms with van der Waals surface area (Å²) < 4.78 is 6.17. The van der Waals surface area contributed by atoms with Gasteiger partial charge in [0.1, 0.15) is 5.15 Å². The van der Waals surface area contributed by atoms with Crippen LogP contribution < -0.4 is 5.73 Å². The maximum absolute atomic E-state index is 11.2. The van der Waals surface area contributed by atoms with E-state index in [0.717, 1.165) is 11.3 Å². The summed E-state index contributed by atoms with van der Waals surface area (Å²) in [6.45, 7) is 4.01. The van der Waals surface area contributed by atoms with Gasteiger partial charge in [-0.2, -0.15) is 5.10 Å². The van der Waals surface area contributed by atoms with Gasteiger partial charge in [0.15, 0.2) is 0 Å². The molecule has 0 saturated heterocycles. The molecule has 0 aliphatic rings. The Labute approximate surface area is 106 Å². The van der Waals surface area contributed by atoms with E-state index in [0.29, 0.717) is 5.15 Å². The van der Waals surface area contributed by atoms with E-state index in [1.165, 1.54) is 7.11 Å². The maximum atomic E-state index is 11.2. The number of carbonyl (C=O) groups excluding carboxylic acids is 1. The number of hydrogen-bond acceptors (Lipinski definition) is 4. The molecule has 2 N–H and O–H groups in total. The van der Waals surface area contributed by atoms with Crippen LogP contribution in [0.5, 0.6) is 0 Å². The molecule has 1 unspecified atom stereocenters. The SMILES string of the molecule is COC(=O)CC(N)c1c(C(C)C)nn(C)c1Cl. The van der Waals surface area contributed by atoms with Crippen molar-refractivity contribution in [1.29, 1.82) is 0 Å². The number of hydrogen-bond donors (Lipinski definition) is 1. The molecule has 1 heterocycles. The summed E-state index contributed by atoms with van der Waals surface area (Å²) in [6, 6.07) is -0.485. The minimum absolute atomic E-state index is 0.0988. The quantitative estimate of drug-likeness (QED) is 0.837. The number of esters is 1. The van der Waals surface area contributed by atoms with Gasteiger partial charge in [0, 0.05) is 18.7 Å². The molecule has 0 bridgehead atoms. The van der Waals surface area contributed by atoms with Crippen molar-refractivity contribution in [3.8, 4) is 0 Å². The topological polar surface area (TPSA) is 70.1 Å². The van der Waals surface area contributed by atoms with Gasteiger partial charge >= 0.3 is 5.97 Å². The number of aryl methyl sites for hydroxylation is 1. The van der Waals surface area contributed by atoms with E-state index in [-0.39, 0.29) is 18.3 Å². The van der Waals surface area contributed by atoms with Crippen molar-refractivity contribution >= 4 is 17.6 Å². The van der Waals surface area contributed by atoms with Gasteiger partial charge in [-0.1, -0.05) is 25.4 Å². The van der Waals surface area contributed by atoms with E-state index >= 15 is 0 Å². The second kappa shape index (κ2) is 5.51. The highest BCUT2D eigenvalue weighted by Crippen LogP contribution is 2.31. The molecule has 5 nitrogen and oxygen atoms in total. The van der Waals surface area contributed by atoms with Crippen LogP contribution in [0.25, 0.3) is 0 Å². The number of ether oxygens (including phenoxy) is 1. The summed E-state index contributed by atoms with van der Waals surface area (Å²) in [6.07, 6.45) is 0.0988. The molecular weight excluding hydrogens is 242 g/mol. The van der Waals surface area contributed by atoms with Crippen LogP contribution in [0.1, 0.15) is 43.5 Å². The Morgan fingerprint density at radius 1 is 1.59 bits per heavy atom. The maximum Gasteiger partial charge on any atom is 0.307 e. The normalized spacial score (nSPS) is 12.9. The van der Waals surface area contributed by atoms with E-state index in [4.69, 9.17) is 17.3 Å². The molecule has 1 atom stereocenters. The second-order valence-electron chi connectivity index (χ2n) is 4.25. The first-order valence-electron chi connectivity index (χ1n) is 5.43. The molecule has 0 radical (unpaired) electrons. The number of nitrogens with zero attached hydrogens (tertiary/aromatic N) is 2. The standard InChI is InChI=1S/C11H18ClN3O2/c1-6(2)10-9(11(12)15(3)14-10)7(13)5-8(16)17-4/h6-7H,5,13H2,1-4H3. The van der Waals surface area contributed by atoms with Crippen molar-refractivity contribution in [2.24, 2.45) is 12.8 Å². The minimum atomic E-state index is -0.485. The summed E-state index contributed by atoms with van der Waals surface area (Å²) in [4.78, 5) is 11.2. The highest BCUT2D eigenvalue weighted by Gasteiger charge is 2.24. The average molecular weight is 260 g/mol. The lowest BCUT2D eigenvalue weighted by molar-refractivity contribution is -0.141. The smallest absolute Gasteiger partial charge is 0.307 e. The molecule has 17 heavy (non-hydrogen) atoms. The Balaban J connectivity index is 3.06. The van der Waals surface area contributed by atoms with Crippen LogP contribution in [0.3, 0.4) is 0 Å². The van der Waals surface area contributed by atoms with Crippen molar-refractivity contribution in [1.82, 2.24) is 9.78 Å². The zero-order chi connectivity index (χ0) is 13.2. The van der Waals surface area contributed by atoms with E-state index < -0.39 is 6.04 Å². The Kier molecular flexibility index (Phi) is 4.54. The van der Waals surface area contributed by atoms with Crippen molar-refractivity contribution in [2.75, 3.05) is 7.11 Å². The van der Waals surface area contributed by atoms with Crippen LogP contribution in [0.2, 0.25) is 5.15 Å². The van der Waals surface area contributed by atoms with Gasteiger partial charge in [-0.25, -0.2) is 0 Å². The first kappa shape index (κ1) is 14.0. The molecule has 1 aromatic rings. The van der Waals surface area contributed by atoms with Gasteiger partial charge in [-0.05, 0) is 5.92 Å². The van der Waals surface area contributed by atoms with Crippen LogP contribution in [-0.4, -0.2) is 22.9 Å². The zero-order valence-electron chi connectivity index (χ0n) is 10.5. The molecule has 0 aliphatic heterocycles. The highest BCUT2D eigenvalue weighted by molar-refractivity contribution is 6.30. The van der Waals surface area contributed by atoms with Crippen molar-refractivity contribution in [2.45, 2.75) is 32.2 Å². The molecule has 0 saturated carbocycles. The Bertz CT molecular complexity index is 415. The lowest BCUT2D eigenvalue weighted by atomic mass is 9.99. The fraction of sp³-hybridized carbons (Fsp3) is 0.636.